The third-order valence-electron chi connectivity index (χ3n) is 5.84. The maximum absolute atomic E-state index is 13.2. The van der Waals surface area contributed by atoms with E-state index < -0.39 is 0 Å². The molecule has 2 aromatic rings. The van der Waals surface area contributed by atoms with E-state index in [2.05, 4.69) is 17.9 Å². The molecule has 1 aromatic carbocycles. The Kier molecular flexibility index (Phi) is 4.08. The summed E-state index contributed by atoms with van der Waals surface area (Å²) in [6, 6.07) is 4.24. The topological polar surface area (TPSA) is 45.9 Å². The summed E-state index contributed by atoms with van der Waals surface area (Å²) in [6.45, 7) is 9.77. The highest BCUT2D eigenvalue weighted by atomic mass is 16.5. The molecule has 2 bridgehead atoms. The van der Waals surface area contributed by atoms with Crippen molar-refractivity contribution in [2.45, 2.75) is 39.3 Å². The fraction of sp³-hybridized carbons (Fsp3) is 0.550. The smallest absolute Gasteiger partial charge is 0.289 e. The molecule has 2 aliphatic rings. The first-order chi connectivity index (χ1) is 12.0. The van der Waals surface area contributed by atoms with Crippen LogP contribution in [0.15, 0.2) is 16.5 Å². The predicted octanol–water partition coefficient (Wildman–Crippen LogP) is 2.90. The second kappa shape index (κ2) is 6.15. The zero-order chi connectivity index (χ0) is 17.7. The normalized spacial score (nSPS) is 26.0. The van der Waals surface area contributed by atoms with Crippen LogP contribution in [0.3, 0.4) is 0 Å². The average Bonchev–Trinajstić information content (AvgIpc) is 2.96. The van der Waals surface area contributed by atoms with Gasteiger partial charge in [0.1, 0.15) is 5.58 Å². The van der Waals surface area contributed by atoms with Crippen LogP contribution in [-0.4, -0.2) is 61.1 Å². The van der Waals surface area contributed by atoms with E-state index in [4.69, 9.17) is 9.15 Å². The van der Waals surface area contributed by atoms with Gasteiger partial charge in [-0.25, -0.2) is 0 Å². The van der Waals surface area contributed by atoms with Gasteiger partial charge in [0.15, 0.2) is 5.76 Å². The number of carbonyl (C=O) groups excluding carboxylic acids is 1. The van der Waals surface area contributed by atoms with Gasteiger partial charge in [-0.3, -0.25) is 9.69 Å². The van der Waals surface area contributed by atoms with Crippen molar-refractivity contribution in [3.05, 3.63) is 34.6 Å². The van der Waals surface area contributed by atoms with Gasteiger partial charge in [-0.15, -0.1) is 0 Å². The van der Waals surface area contributed by atoms with Crippen molar-refractivity contribution in [2.75, 3.05) is 33.3 Å². The van der Waals surface area contributed by atoms with E-state index in [1.54, 1.807) is 0 Å². The van der Waals surface area contributed by atoms with Crippen LogP contribution in [0.25, 0.3) is 11.0 Å². The minimum atomic E-state index is -0.0416. The van der Waals surface area contributed by atoms with Crippen LogP contribution in [0.4, 0.5) is 0 Å². The summed E-state index contributed by atoms with van der Waals surface area (Å²) in [6.07, 6.45) is 1.05. The number of rotatable bonds is 2. The zero-order valence-electron chi connectivity index (χ0n) is 15.5. The fourth-order valence-corrected chi connectivity index (χ4v) is 4.30. The first-order valence-electron chi connectivity index (χ1n) is 9.07. The number of aryl methyl sites for hydroxylation is 3. The zero-order valence-corrected chi connectivity index (χ0v) is 15.5. The summed E-state index contributed by atoms with van der Waals surface area (Å²) in [4.78, 5) is 17.4. The third-order valence-corrected chi connectivity index (χ3v) is 5.84. The lowest BCUT2D eigenvalue weighted by Gasteiger charge is -2.45. The average molecular weight is 342 g/mol. The molecule has 0 spiro atoms. The number of likely N-dealkylation sites (N-methyl/N-ethyl adjacent to an activating group) is 1. The molecule has 0 aliphatic carbocycles. The van der Waals surface area contributed by atoms with Crippen molar-refractivity contribution < 1.29 is 13.9 Å². The maximum Gasteiger partial charge on any atom is 0.289 e. The summed E-state index contributed by atoms with van der Waals surface area (Å²) < 4.78 is 12.0. The Balaban J connectivity index is 1.66. The molecule has 3 unspecified atom stereocenters. The number of fused-ring (bicyclic) bond motifs is 3. The second-order valence-electron chi connectivity index (χ2n) is 7.44. The highest BCUT2D eigenvalue weighted by Crippen LogP contribution is 2.32. The van der Waals surface area contributed by atoms with Gasteiger partial charge < -0.3 is 14.1 Å². The SMILES string of the molecule is Cc1ccc(C)c2c(C)c(C(=O)N(C)C3CCN4CCOC3C4)oc12. The molecule has 2 aliphatic heterocycles. The lowest BCUT2D eigenvalue weighted by Crippen LogP contribution is -2.59. The highest BCUT2D eigenvalue weighted by Gasteiger charge is 2.38. The summed E-state index contributed by atoms with van der Waals surface area (Å²) in [7, 11) is 1.88. The van der Waals surface area contributed by atoms with Crippen LogP contribution >= 0.6 is 0 Å². The van der Waals surface area contributed by atoms with E-state index in [9.17, 15) is 4.79 Å². The Morgan fingerprint density at radius 3 is 2.72 bits per heavy atom. The molecule has 5 nitrogen and oxygen atoms in total. The molecule has 4 rings (SSSR count). The van der Waals surface area contributed by atoms with E-state index >= 15 is 0 Å². The first kappa shape index (κ1) is 16.6. The number of piperidine rings is 1. The quantitative estimate of drug-likeness (QED) is 0.842. The van der Waals surface area contributed by atoms with E-state index in [-0.39, 0.29) is 18.1 Å². The monoisotopic (exact) mass is 342 g/mol. The number of furan rings is 1. The van der Waals surface area contributed by atoms with E-state index in [1.807, 2.05) is 31.9 Å². The number of nitrogens with zero attached hydrogens (tertiary/aromatic N) is 2. The van der Waals surface area contributed by atoms with Crippen molar-refractivity contribution in [1.82, 2.24) is 9.80 Å². The molecule has 134 valence electrons. The van der Waals surface area contributed by atoms with Crippen LogP contribution in [-0.2, 0) is 4.74 Å². The lowest BCUT2D eigenvalue weighted by atomic mass is 9.98. The van der Waals surface area contributed by atoms with Crippen molar-refractivity contribution in [3.8, 4) is 0 Å². The third kappa shape index (κ3) is 2.66. The van der Waals surface area contributed by atoms with Crippen molar-refractivity contribution in [3.63, 3.8) is 0 Å². The van der Waals surface area contributed by atoms with Gasteiger partial charge in [0.2, 0.25) is 0 Å². The summed E-state index contributed by atoms with van der Waals surface area (Å²) in [5.41, 5.74) is 3.98. The molecule has 1 aromatic heterocycles. The van der Waals surface area contributed by atoms with Gasteiger partial charge in [0, 0.05) is 37.6 Å². The molecule has 2 fully saturated rings. The Morgan fingerprint density at radius 1 is 1.20 bits per heavy atom. The van der Waals surface area contributed by atoms with Crippen LogP contribution in [0.5, 0.6) is 0 Å². The highest BCUT2D eigenvalue weighted by molar-refractivity contribution is 6.00. The Hall–Kier alpha value is -1.85. The van der Waals surface area contributed by atoms with E-state index in [0.29, 0.717) is 5.76 Å². The molecular formula is C20H26N2O3. The van der Waals surface area contributed by atoms with Crippen LogP contribution in [0.2, 0.25) is 0 Å². The number of benzene rings is 1. The lowest BCUT2D eigenvalue weighted by molar-refractivity contribution is -0.0901. The van der Waals surface area contributed by atoms with E-state index in [1.165, 1.54) is 0 Å². The van der Waals surface area contributed by atoms with Gasteiger partial charge in [0.05, 0.1) is 18.8 Å². The van der Waals surface area contributed by atoms with Gasteiger partial charge in [-0.2, -0.15) is 0 Å². The number of amides is 1. The molecule has 2 saturated heterocycles. The Labute approximate surface area is 148 Å². The minimum absolute atomic E-state index is 0.0416. The Morgan fingerprint density at radius 2 is 1.96 bits per heavy atom. The van der Waals surface area contributed by atoms with Crippen molar-refractivity contribution in [2.24, 2.45) is 0 Å². The van der Waals surface area contributed by atoms with Crippen LogP contribution in [0, 0.1) is 20.8 Å². The number of carbonyl (C=O) groups is 1. The fourth-order valence-electron chi connectivity index (χ4n) is 4.30. The largest absolute Gasteiger partial charge is 0.450 e. The molecule has 0 N–H and O–H groups in total. The van der Waals surface area contributed by atoms with E-state index in [0.717, 1.165) is 60.3 Å². The van der Waals surface area contributed by atoms with Gasteiger partial charge in [-0.1, -0.05) is 12.1 Å². The molecule has 1 amide bonds. The number of ether oxygens (including phenoxy) is 1. The molecule has 0 radical (unpaired) electrons. The number of hydrogen-bond acceptors (Lipinski definition) is 4. The minimum Gasteiger partial charge on any atom is -0.450 e. The second-order valence-corrected chi connectivity index (χ2v) is 7.44. The molecule has 0 saturated carbocycles. The number of hydrogen-bond donors (Lipinski definition) is 0. The molecule has 5 heteroatoms. The summed E-state index contributed by atoms with van der Waals surface area (Å²) >= 11 is 0. The maximum atomic E-state index is 13.2. The Bertz CT molecular complexity index is 826. The predicted molar refractivity (Wildman–Crippen MR) is 97.1 cm³/mol. The van der Waals surface area contributed by atoms with Gasteiger partial charge in [-0.05, 0) is 38.3 Å². The summed E-state index contributed by atoms with van der Waals surface area (Å²) in [5, 5.41) is 1.07. The van der Waals surface area contributed by atoms with Gasteiger partial charge >= 0.3 is 0 Å². The molecule has 3 heterocycles. The van der Waals surface area contributed by atoms with Crippen LogP contribution in [0.1, 0.15) is 33.7 Å². The standard InChI is InChI=1S/C20H26N2O3/c1-12-5-6-13(2)18-17(12)14(3)19(25-18)20(23)21(4)15-7-8-22-9-10-24-16(15)11-22/h5-6,15-16H,7-11H2,1-4H3. The van der Waals surface area contributed by atoms with Gasteiger partial charge in [0.25, 0.3) is 5.91 Å². The van der Waals surface area contributed by atoms with Crippen molar-refractivity contribution in [1.29, 1.82) is 0 Å². The summed E-state index contributed by atoms with van der Waals surface area (Å²) in [5.74, 6) is 0.424. The first-order valence-corrected chi connectivity index (χ1v) is 9.07. The number of morpholine rings is 1. The van der Waals surface area contributed by atoms with Crippen molar-refractivity contribution >= 4 is 16.9 Å². The van der Waals surface area contributed by atoms with Crippen LogP contribution < -0.4 is 0 Å². The molecule has 3 atom stereocenters. The molecular weight excluding hydrogens is 316 g/mol. The molecule has 25 heavy (non-hydrogen) atoms.